The normalized spacial score (nSPS) is 21.8. The first-order valence-corrected chi connectivity index (χ1v) is 10.6. The number of guanidine groups is 1. The molecule has 1 aromatic heterocycles. The van der Waals surface area contributed by atoms with Crippen LogP contribution in [0, 0.1) is 0 Å². The Bertz CT molecular complexity index is 550. The number of furan rings is 1. The van der Waals surface area contributed by atoms with Crippen LogP contribution in [0.3, 0.4) is 0 Å². The zero-order valence-electron chi connectivity index (χ0n) is 17.1. The van der Waals surface area contributed by atoms with Crippen LogP contribution in [0.5, 0.6) is 0 Å². The van der Waals surface area contributed by atoms with Gasteiger partial charge in [-0.15, -0.1) is 0 Å². The van der Waals surface area contributed by atoms with Crippen molar-refractivity contribution in [3.05, 3.63) is 24.2 Å². The molecule has 28 heavy (non-hydrogen) atoms. The number of hydrogen-bond donors (Lipinski definition) is 1. The van der Waals surface area contributed by atoms with Crippen LogP contribution < -0.4 is 5.32 Å². The highest BCUT2D eigenvalue weighted by molar-refractivity contribution is 5.80. The van der Waals surface area contributed by atoms with Crippen molar-refractivity contribution in [2.75, 3.05) is 53.1 Å². The molecule has 3 heterocycles. The van der Waals surface area contributed by atoms with Crippen molar-refractivity contribution in [3.8, 4) is 0 Å². The van der Waals surface area contributed by atoms with Crippen molar-refractivity contribution in [2.45, 2.75) is 50.7 Å². The maximum absolute atomic E-state index is 6.13. The molecule has 2 aliphatic rings. The number of nitrogens with zero attached hydrogens (tertiary/aromatic N) is 2. The molecule has 2 fully saturated rings. The third-order valence-electron chi connectivity index (χ3n) is 5.32. The van der Waals surface area contributed by atoms with Gasteiger partial charge in [-0.25, -0.2) is 0 Å². The van der Waals surface area contributed by atoms with Crippen molar-refractivity contribution < 1.29 is 18.6 Å². The molecule has 0 spiro atoms. The summed E-state index contributed by atoms with van der Waals surface area (Å²) in [5.74, 6) is 1.94. The SMILES string of the molecule is COCCN=C(NCCc1ccco1)N1CCC(OCC2CCCCO2)CC1. The third-order valence-corrected chi connectivity index (χ3v) is 5.32. The molecule has 0 amide bonds. The second kappa shape index (κ2) is 12.1. The first-order chi connectivity index (χ1) is 13.8. The van der Waals surface area contributed by atoms with Gasteiger partial charge in [-0.2, -0.15) is 0 Å². The van der Waals surface area contributed by atoms with E-state index < -0.39 is 0 Å². The van der Waals surface area contributed by atoms with Crippen LogP contribution in [0.25, 0.3) is 0 Å². The van der Waals surface area contributed by atoms with Crippen molar-refractivity contribution in [3.63, 3.8) is 0 Å². The fraction of sp³-hybridized carbons (Fsp3) is 0.762. The van der Waals surface area contributed by atoms with Gasteiger partial charge >= 0.3 is 0 Å². The number of ether oxygens (including phenoxy) is 3. The Hall–Kier alpha value is -1.57. The molecule has 2 saturated heterocycles. The van der Waals surface area contributed by atoms with E-state index in [2.05, 4.69) is 10.2 Å². The number of piperidine rings is 1. The van der Waals surface area contributed by atoms with Gasteiger partial charge in [0.15, 0.2) is 5.96 Å². The largest absolute Gasteiger partial charge is 0.469 e. The summed E-state index contributed by atoms with van der Waals surface area (Å²) < 4.78 is 22.5. The van der Waals surface area contributed by atoms with Gasteiger partial charge in [-0.3, -0.25) is 4.99 Å². The van der Waals surface area contributed by atoms with Crippen LogP contribution in [0.4, 0.5) is 0 Å². The van der Waals surface area contributed by atoms with E-state index in [1.54, 1.807) is 13.4 Å². The quantitative estimate of drug-likeness (QED) is 0.395. The van der Waals surface area contributed by atoms with Crippen molar-refractivity contribution in [1.29, 1.82) is 0 Å². The van der Waals surface area contributed by atoms with E-state index >= 15 is 0 Å². The summed E-state index contributed by atoms with van der Waals surface area (Å²) in [6, 6.07) is 3.92. The molecule has 3 rings (SSSR count). The molecule has 7 nitrogen and oxygen atoms in total. The molecule has 7 heteroatoms. The lowest BCUT2D eigenvalue weighted by molar-refractivity contribution is -0.0721. The monoisotopic (exact) mass is 393 g/mol. The summed E-state index contributed by atoms with van der Waals surface area (Å²) in [6.07, 6.45) is 8.81. The van der Waals surface area contributed by atoms with E-state index in [4.69, 9.17) is 23.6 Å². The van der Waals surface area contributed by atoms with Gasteiger partial charge in [0, 0.05) is 39.8 Å². The molecule has 2 aliphatic heterocycles. The smallest absolute Gasteiger partial charge is 0.194 e. The first kappa shape index (κ1) is 21.1. The number of likely N-dealkylation sites (tertiary alicyclic amines) is 1. The lowest BCUT2D eigenvalue weighted by Gasteiger charge is -2.35. The number of methoxy groups -OCH3 is 1. The van der Waals surface area contributed by atoms with Crippen LogP contribution in [-0.4, -0.2) is 76.2 Å². The molecule has 1 N–H and O–H groups in total. The van der Waals surface area contributed by atoms with Gasteiger partial charge in [0.05, 0.1) is 38.2 Å². The maximum Gasteiger partial charge on any atom is 0.194 e. The minimum absolute atomic E-state index is 0.293. The molecular weight excluding hydrogens is 358 g/mol. The van der Waals surface area contributed by atoms with E-state index in [0.29, 0.717) is 25.4 Å². The standard InChI is InChI=1S/C21H35N3O4/c1-25-16-11-23-21(22-10-7-18-6-4-15-26-18)24-12-8-19(9-13-24)28-17-20-5-2-3-14-27-20/h4,6,15,19-20H,2-3,5,7-14,16-17H2,1H3,(H,22,23). The maximum atomic E-state index is 6.13. The van der Waals surface area contributed by atoms with E-state index in [1.165, 1.54) is 12.8 Å². The second-order valence-corrected chi connectivity index (χ2v) is 7.46. The molecule has 0 aliphatic carbocycles. The highest BCUT2D eigenvalue weighted by atomic mass is 16.5. The van der Waals surface area contributed by atoms with Gasteiger partial charge in [0.2, 0.25) is 0 Å². The third kappa shape index (κ3) is 7.11. The highest BCUT2D eigenvalue weighted by Gasteiger charge is 2.23. The van der Waals surface area contributed by atoms with Crippen LogP contribution in [-0.2, 0) is 20.6 Å². The van der Waals surface area contributed by atoms with E-state index in [1.807, 2.05) is 12.1 Å². The molecule has 0 radical (unpaired) electrons. The van der Waals surface area contributed by atoms with Crippen molar-refractivity contribution in [1.82, 2.24) is 10.2 Å². The Morgan fingerprint density at radius 1 is 1.29 bits per heavy atom. The lowest BCUT2D eigenvalue weighted by atomic mass is 10.1. The lowest BCUT2D eigenvalue weighted by Crippen LogP contribution is -2.48. The summed E-state index contributed by atoms with van der Waals surface area (Å²) in [7, 11) is 1.71. The molecule has 0 saturated carbocycles. The number of nitrogens with one attached hydrogen (secondary N) is 1. The van der Waals surface area contributed by atoms with Crippen molar-refractivity contribution >= 4 is 5.96 Å². The zero-order valence-corrected chi connectivity index (χ0v) is 17.1. The van der Waals surface area contributed by atoms with Gasteiger partial charge in [0.1, 0.15) is 5.76 Å². The number of rotatable bonds is 9. The van der Waals surface area contributed by atoms with E-state index in [0.717, 1.165) is 70.3 Å². The molecule has 158 valence electrons. The van der Waals surface area contributed by atoms with Gasteiger partial charge in [-0.05, 0) is 44.2 Å². The molecule has 0 bridgehead atoms. The molecule has 1 aromatic rings. The van der Waals surface area contributed by atoms with E-state index in [9.17, 15) is 0 Å². The summed E-state index contributed by atoms with van der Waals surface area (Å²) in [6.45, 7) is 5.62. The predicted octanol–water partition coefficient (Wildman–Crippen LogP) is 2.46. The second-order valence-electron chi connectivity index (χ2n) is 7.46. The average Bonchev–Trinajstić information content (AvgIpc) is 3.26. The minimum atomic E-state index is 0.293. The highest BCUT2D eigenvalue weighted by Crippen LogP contribution is 2.18. The van der Waals surface area contributed by atoms with Gasteiger partial charge < -0.3 is 28.8 Å². The minimum Gasteiger partial charge on any atom is -0.469 e. The Kier molecular flexibility index (Phi) is 9.13. The summed E-state index contributed by atoms with van der Waals surface area (Å²) in [5.41, 5.74) is 0. The van der Waals surface area contributed by atoms with Gasteiger partial charge in [-0.1, -0.05) is 0 Å². The van der Waals surface area contributed by atoms with Crippen LogP contribution in [0.15, 0.2) is 27.8 Å². The van der Waals surface area contributed by atoms with Crippen molar-refractivity contribution in [2.24, 2.45) is 4.99 Å². The fourth-order valence-electron chi connectivity index (χ4n) is 3.68. The number of hydrogen-bond acceptors (Lipinski definition) is 5. The molecular formula is C21H35N3O4. The Labute approximate surface area is 168 Å². The number of aliphatic imine (C=N–C) groups is 1. The Morgan fingerprint density at radius 2 is 2.18 bits per heavy atom. The van der Waals surface area contributed by atoms with Crippen LogP contribution in [0.2, 0.25) is 0 Å². The molecule has 0 aromatic carbocycles. The Morgan fingerprint density at radius 3 is 2.89 bits per heavy atom. The molecule has 1 atom stereocenters. The molecule has 1 unspecified atom stereocenters. The van der Waals surface area contributed by atoms with Gasteiger partial charge in [0.25, 0.3) is 0 Å². The topological polar surface area (TPSA) is 68.5 Å². The van der Waals surface area contributed by atoms with E-state index in [-0.39, 0.29) is 0 Å². The Balaban J connectivity index is 1.41. The zero-order chi connectivity index (χ0) is 19.4. The average molecular weight is 394 g/mol. The van der Waals surface area contributed by atoms with Crippen LogP contribution in [0.1, 0.15) is 37.9 Å². The first-order valence-electron chi connectivity index (χ1n) is 10.6. The fourth-order valence-corrected chi connectivity index (χ4v) is 3.68. The van der Waals surface area contributed by atoms with Crippen LogP contribution >= 0.6 is 0 Å². The summed E-state index contributed by atoms with van der Waals surface area (Å²) >= 11 is 0. The summed E-state index contributed by atoms with van der Waals surface area (Å²) in [4.78, 5) is 7.04. The summed E-state index contributed by atoms with van der Waals surface area (Å²) in [5, 5.41) is 3.48. The predicted molar refractivity (Wildman–Crippen MR) is 109 cm³/mol.